The third kappa shape index (κ3) is 1.70. The Labute approximate surface area is 92.7 Å². The maximum Gasteiger partial charge on any atom is 0.100 e. The molecule has 0 fully saturated rings. The van der Waals surface area contributed by atoms with E-state index >= 15 is 0 Å². The van der Waals surface area contributed by atoms with Crippen LogP contribution in [0.25, 0.3) is 0 Å². The van der Waals surface area contributed by atoms with Gasteiger partial charge in [0.15, 0.2) is 0 Å². The molecule has 1 aromatic rings. The van der Waals surface area contributed by atoms with Gasteiger partial charge in [-0.3, -0.25) is 0 Å². The predicted molar refractivity (Wildman–Crippen MR) is 59.8 cm³/mol. The summed E-state index contributed by atoms with van der Waals surface area (Å²) in [7, 11) is 0. The van der Waals surface area contributed by atoms with Gasteiger partial charge in [-0.15, -0.1) is 11.3 Å². The van der Waals surface area contributed by atoms with Crippen molar-refractivity contribution < 1.29 is 5.11 Å². The molecule has 0 saturated heterocycles. The first-order chi connectivity index (χ1) is 6.65. The molecule has 1 aliphatic rings. The largest absolute Gasteiger partial charge is 0.384 e. The van der Waals surface area contributed by atoms with E-state index in [1.807, 2.05) is 6.07 Å². The summed E-state index contributed by atoms with van der Waals surface area (Å²) in [6.45, 7) is 0.519. The summed E-state index contributed by atoms with van der Waals surface area (Å²) in [5.74, 6) is 0. The first-order valence-electron chi connectivity index (χ1n) is 4.87. The highest BCUT2D eigenvalue weighted by Crippen LogP contribution is 2.43. The van der Waals surface area contributed by atoms with E-state index in [-0.39, 0.29) is 0 Å². The van der Waals surface area contributed by atoms with Gasteiger partial charge in [0.1, 0.15) is 5.60 Å². The summed E-state index contributed by atoms with van der Waals surface area (Å²) < 4.78 is 0.771. The Balaban J connectivity index is 2.38. The fraction of sp³-hybridized carbons (Fsp3) is 0.600. The van der Waals surface area contributed by atoms with E-state index < -0.39 is 5.60 Å². The van der Waals surface area contributed by atoms with Crippen LogP contribution in [0.1, 0.15) is 29.7 Å². The van der Waals surface area contributed by atoms with Gasteiger partial charge >= 0.3 is 0 Å². The molecule has 2 nitrogen and oxygen atoms in total. The Morgan fingerprint density at radius 2 is 2.43 bits per heavy atom. The topological polar surface area (TPSA) is 46.2 Å². The third-order valence-corrected chi connectivity index (χ3v) is 4.30. The Morgan fingerprint density at radius 3 is 3.14 bits per heavy atom. The van der Waals surface area contributed by atoms with Crippen LogP contribution in [0.15, 0.2) is 6.07 Å². The number of fused-ring (bicyclic) bond motifs is 1. The highest BCUT2D eigenvalue weighted by molar-refractivity contribution is 7.16. The van der Waals surface area contributed by atoms with Crippen LogP contribution in [0.5, 0.6) is 0 Å². The van der Waals surface area contributed by atoms with Crippen LogP contribution in [-0.4, -0.2) is 11.7 Å². The van der Waals surface area contributed by atoms with E-state index in [1.165, 1.54) is 16.9 Å². The summed E-state index contributed by atoms with van der Waals surface area (Å²) in [6.07, 6.45) is 3.51. The Bertz CT molecular complexity index is 339. The van der Waals surface area contributed by atoms with Gasteiger partial charge in [0, 0.05) is 4.88 Å². The molecule has 0 spiro atoms. The average molecular weight is 232 g/mol. The van der Waals surface area contributed by atoms with Gasteiger partial charge in [0.25, 0.3) is 0 Å². The molecular formula is C10H14ClNOS. The van der Waals surface area contributed by atoms with Crippen molar-refractivity contribution in [3.8, 4) is 0 Å². The number of hydrogen-bond acceptors (Lipinski definition) is 3. The maximum atomic E-state index is 10.4. The molecule has 14 heavy (non-hydrogen) atoms. The van der Waals surface area contributed by atoms with Crippen molar-refractivity contribution in [3.63, 3.8) is 0 Å². The second kappa shape index (κ2) is 3.81. The first-order valence-corrected chi connectivity index (χ1v) is 6.06. The molecule has 1 heterocycles. The van der Waals surface area contributed by atoms with Crippen LogP contribution in [0.3, 0.4) is 0 Å². The standard InChI is InChI=1S/C10H14ClNOS/c11-8-6-7-2-1-3-10(13,4-5-12)9(7)14-8/h6,13H,1-5,12H2. The quantitative estimate of drug-likeness (QED) is 0.821. The van der Waals surface area contributed by atoms with E-state index in [1.54, 1.807) is 0 Å². The van der Waals surface area contributed by atoms with Crippen LogP contribution in [0, 0.1) is 0 Å². The summed E-state index contributed by atoms with van der Waals surface area (Å²) in [4.78, 5) is 1.04. The number of hydrogen-bond donors (Lipinski definition) is 2. The molecule has 0 aromatic carbocycles. The van der Waals surface area contributed by atoms with E-state index in [0.29, 0.717) is 13.0 Å². The monoisotopic (exact) mass is 231 g/mol. The van der Waals surface area contributed by atoms with Gasteiger partial charge in [0.2, 0.25) is 0 Å². The predicted octanol–water partition coefficient (Wildman–Crippen LogP) is 2.27. The van der Waals surface area contributed by atoms with Crippen molar-refractivity contribution in [3.05, 3.63) is 20.8 Å². The van der Waals surface area contributed by atoms with Gasteiger partial charge < -0.3 is 10.8 Å². The lowest BCUT2D eigenvalue weighted by molar-refractivity contribution is 0.0165. The van der Waals surface area contributed by atoms with Crippen LogP contribution >= 0.6 is 22.9 Å². The highest BCUT2D eigenvalue weighted by Gasteiger charge is 2.35. The summed E-state index contributed by atoms with van der Waals surface area (Å²) >= 11 is 7.45. The normalized spacial score (nSPS) is 26.2. The maximum absolute atomic E-state index is 10.4. The molecule has 4 heteroatoms. The van der Waals surface area contributed by atoms with Gasteiger partial charge in [-0.1, -0.05) is 11.6 Å². The Kier molecular flexibility index (Phi) is 2.84. The van der Waals surface area contributed by atoms with Crippen molar-refractivity contribution >= 4 is 22.9 Å². The zero-order chi connectivity index (χ0) is 10.2. The zero-order valence-electron chi connectivity index (χ0n) is 7.92. The van der Waals surface area contributed by atoms with E-state index in [0.717, 1.165) is 28.5 Å². The molecule has 2 rings (SSSR count). The van der Waals surface area contributed by atoms with Crippen LogP contribution in [0.4, 0.5) is 0 Å². The molecule has 78 valence electrons. The van der Waals surface area contributed by atoms with Crippen LogP contribution < -0.4 is 5.73 Å². The van der Waals surface area contributed by atoms with Crippen molar-refractivity contribution in [2.75, 3.05) is 6.54 Å². The zero-order valence-corrected chi connectivity index (χ0v) is 9.50. The Morgan fingerprint density at radius 1 is 1.64 bits per heavy atom. The molecule has 1 atom stereocenters. The van der Waals surface area contributed by atoms with Crippen LogP contribution in [-0.2, 0) is 12.0 Å². The van der Waals surface area contributed by atoms with Crippen molar-refractivity contribution in [2.45, 2.75) is 31.3 Å². The molecular weight excluding hydrogens is 218 g/mol. The minimum Gasteiger partial charge on any atom is -0.384 e. The van der Waals surface area contributed by atoms with Crippen molar-refractivity contribution in [1.82, 2.24) is 0 Å². The molecule has 0 bridgehead atoms. The molecule has 0 saturated carbocycles. The van der Waals surface area contributed by atoms with E-state index in [9.17, 15) is 5.11 Å². The number of thiophene rings is 1. The van der Waals surface area contributed by atoms with Gasteiger partial charge in [-0.25, -0.2) is 0 Å². The number of rotatable bonds is 2. The summed E-state index contributed by atoms with van der Waals surface area (Å²) in [6, 6.07) is 1.97. The van der Waals surface area contributed by atoms with Gasteiger partial charge in [0.05, 0.1) is 4.34 Å². The number of aryl methyl sites for hydroxylation is 1. The second-order valence-corrected chi connectivity index (χ2v) is 5.51. The lowest BCUT2D eigenvalue weighted by Gasteiger charge is -2.31. The molecule has 0 radical (unpaired) electrons. The third-order valence-electron chi connectivity index (χ3n) is 2.80. The van der Waals surface area contributed by atoms with E-state index in [2.05, 4.69) is 0 Å². The number of aliphatic hydroxyl groups is 1. The first kappa shape index (κ1) is 10.4. The van der Waals surface area contributed by atoms with E-state index in [4.69, 9.17) is 17.3 Å². The minimum atomic E-state index is -0.708. The summed E-state index contributed by atoms with van der Waals surface area (Å²) in [5, 5.41) is 10.4. The number of halogens is 1. The SMILES string of the molecule is NCCC1(O)CCCc2cc(Cl)sc21. The van der Waals surface area contributed by atoms with Crippen molar-refractivity contribution in [1.29, 1.82) is 0 Å². The lowest BCUT2D eigenvalue weighted by Crippen LogP contribution is -2.31. The molecule has 1 unspecified atom stereocenters. The molecule has 1 aromatic heterocycles. The average Bonchev–Trinajstić information content (AvgIpc) is 2.48. The summed E-state index contributed by atoms with van der Waals surface area (Å²) in [5.41, 5.74) is 6.02. The second-order valence-electron chi connectivity index (χ2n) is 3.83. The highest BCUT2D eigenvalue weighted by atomic mass is 35.5. The fourth-order valence-electron chi connectivity index (χ4n) is 2.14. The smallest absolute Gasteiger partial charge is 0.100 e. The molecule has 0 aliphatic heterocycles. The molecule has 0 amide bonds. The lowest BCUT2D eigenvalue weighted by atomic mass is 9.83. The van der Waals surface area contributed by atoms with Gasteiger partial charge in [-0.05, 0) is 43.9 Å². The molecule has 1 aliphatic carbocycles. The molecule has 3 N–H and O–H groups in total. The number of nitrogens with two attached hydrogens (primary N) is 1. The van der Waals surface area contributed by atoms with Gasteiger partial charge in [-0.2, -0.15) is 0 Å². The Hall–Kier alpha value is -0.0900. The minimum absolute atomic E-state index is 0.519. The van der Waals surface area contributed by atoms with Crippen LogP contribution in [0.2, 0.25) is 4.34 Å². The van der Waals surface area contributed by atoms with Crippen molar-refractivity contribution in [2.24, 2.45) is 5.73 Å². The fourth-order valence-corrected chi connectivity index (χ4v) is 3.58.